The van der Waals surface area contributed by atoms with Gasteiger partial charge in [0.1, 0.15) is 0 Å². The molecule has 0 aliphatic carbocycles. The molecule has 0 radical (unpaired) electrons. The first kappa shape index (κ1) is 19.2. The summed E-state index contributed by atoms with van der Waals surface area (Å²) in [5.74, 6) is -0.152. The van der Waals surface area contributed by atoms with Crippen molar-refractivity contribution in [1.29, 1.82) is 0 Å². The highest BCUT2D eigenvalue weighted by atomic mass is 19.4. The molecule has 3 rings (SSSR count). The van der Waals surface area contributed by atoms with Crippen molar-refractivity contribution in [2.75, 3.05) is 10.6 Å². The number of rotatable bonds is 4. The molecule has 0 spiro atoms. The number of nitrogens with one attached hydrogen (secondary N) is 2. The fourth-order valence-electron chi connectivity index (χ4n) is 2.53. The zero-order valence-electron chi connectivity index (χ0n) is 14.5. The van der Waals surface area contributed by atoms with Gasteiger partial charge in [0.05, 0.1) is 5.56 Å². The Hall–Kier alpha value is -3.61. The maximum Gasteiger partial charge on any atom is 0.416 e. The molecule has 0 aromatic heterocycles. The van der Waals surface area contributed by atoms with Crippen molar-refractivity contribution in [3.8, 4) is 0 Å². The monoisotopic (exact) mass is 384 g/mol. The van der Waals surface area contributed by atoms with Gasteiger partial charge in [0.2, 0.25) is 0 Å². The first-order valence-corrected chi connectivity index (χ1v) is 8.28. The van der Waals surface area contributed by atoms with Gasteiger partial charge in [-0.1, -0.05) is 36.4 Å². The van der Waals surface area contributed by atoms with Crippen LogP contribution in [0.15, 0.2) is 78.9 Å². The molecule has 142 valence electrons. The molecule has 3 aromatic carbocycles. The van der Waals surface area contributed by atoms with Gasteiger partial charge in [-0.3, -0.25) is 4.79 Å². The average molecular weight is 384 g/mol. The van der Waals surface area contributed by atoms with E-state index < -0.39 is 17.8 Å². The van der Waals surface area contributed by atoms with E-state index in [1.165, 1.54) is 12.1 Å². The summed E-state index contributed by atoms with van der Waals surface area (Å²) in [6.07, 6.45) is -4.49. The van der Waals surface area contributed by atoms with Gasteiger partial charge in [0, 0.05) is 22.5 Å². The number of hydrogen-bond donors (Lipinski definition) is 2. The van der Waals surface area contributed by atoms with Crippen LogP contribution in [-0.4, -0.2) is 11.8 Å². The topological polar surface area (TPSA) is 58.2 Å². The number of carbonyl (C=O) groups excluding carboxylic acids is 2. The van der Waals surface area contributed by atoms with E-state index in [4.69, 9.17) is 0 Å². The second kappa shape index (κ2) is 7.96. The summed E-state index contributed by atoms with van der Waals surface area (Å²) in [6.45, 7) is 0. The van der Waals surface area contributed by atoms with Crippen molar-refractivity contribution in [2.45, 2.75) is 6.18 Å². The van der Waals surface area contributed by atoms with E-state index in [-0.39, 0.29) is 11.5 Å². The molecule has 0 unspecified atom stereocenters. The number of ketones is 1. The second-order valence-corrected chi connectivity index (χ2v) is 5.93. The lowest BCUT2D eigenvalue weighted by Crippen LogP contribution is -2.19. The van der Waals surface area contributed by atoms with E-state index >= 15 is 0 Å². The molecule has 0 aliphatic rings. The number of anilines is 2. The molecule has 0 atom stereocenters. The molecule has 0 aliphatic heterocycles. The zero-order chi connectivity index (χ0) is 20.1. The summed E-state index contributed by atoms with van der Waals surface area (Å²) < 4.78 is 38.2. The second-order valence-electron chi connectivity index (χ2n) is 5.93. The van der Waals surface area contributed by atoms with Crippen LogP contribution in [0, 0.1) is 0 Å². The maximum atomic E-state index is 12.7. The van der Waals surface area contributed by atoms with E-state index in [1.54, 1.807) is 48.5 Å². The first-order valence-electron chi connectivity index (χ1n) is 8.28. The average Bonchev–Trinajstić information content (AvgIpc) is 2.68. The highest BCUT2D eigenvalue weighted by Gasteiger charge is 2.30. The van der Waals surface area contributed by atoms with Gasteiger partial charge >= 0.3 is 12.2 Å². The number of alkyl halides is 3. The van der Waals surface area contributed by atoms with Crippen LogP contribution in [0.2, 0.25) is 0 Å². The molecule has 2 amide bonds. The van der Waals surface area contributed by atoms with Gasteiger partial charge in [-0.15, -0.1) is 0 Å². The number of benzene rings is 3. The summed E-state index contributed by atoms with van der Waals surface area (Å²) >= 11 is 0. The summed E-state index contributed by atoms with van der Waals surface area (Å²) in [7, 11) is 0. The van der Waals surface area contributed by atoms with E-state index in [0.29, 0.717) is 16.8 Å². The standard InChI is InChI=1S/C21H15F3N2O2/c22-21(23,24)16-7-4-8-18(13-16)26-20(28)25-17-11-9-15(10-12-17)19(27)14-5-2-1-3-6-14/h1-13H,(H2,25,26,28). The molecule has 7 heteroatoms. The fourth-order valence-corrected chi connectivity index (χ4v) is 2.53. The Kier molecular flexibility index (Phi) is 5.44. The number of halogens is 3. The van der Waals surface area contributed by atoms with E-state index in [1.807, 2.05) is 6.07 Å². The van der Waals surface area contributed by atoms with Gasteiger partial charge < -0.3 is 10.6 Å². The quantitative estimate of drug-likeness (QED) is 0.577. The third-order valence-electron chi connectivity index (χ3n) is 3.89. The third-order valence-corrected chi connectivity index (χ3v) is 3.89. The van der Waals surface area contributed by atoms with E-state index in [9.17, 15) is 22.8 Å². The van der Waals surface area contributed by atoms with Crippen LogP contribution >= 0.6 is 0 Å². The molecule has 4 nitrogen and oxygen atoms in total. The van der Waals surface area contributed by atoms with Crippen LogP contribution in [0.3, 0.4) is 0 Å². The molecule has 0 bridgehead atoms. The van der Waals surface area contributed by atoms with Gasteiger partial charge in [0.15, 0.2) is 5.78 Å². The summed E-state index contributed by atoms with van der Waals surface area (Å²) in [5.41, 5.74) is 0.562. The van der Waals surface area contributed by atoms with Crippen LogP contribution in [-0.2, 0) is 6.18 Å². The van der Waals surface area contributed by atoms with Crippen molar-refractivity contribution >= 4 is 23.2 Å². The number of hydrogen-bond acceptors (Lipinski definition) is 2. The molecule has 3 aromatic rings. The minimum atomic E-state index is -4.49. The molecule has 2 N–H and O–H groups in total. The first-order chi connectivity index (χ1) is 13.3. The highest BCUT2D eigenvalue weighted by Crippen LogP contribution is 2.30. The van der Waals surface area contributed by atoms with Gasteiger partial charge in [-0.25, -0.2) is 4.79 Å². The molecular weight excluding hydrogens is 369 g/mol. The lowest BCUT2D eigenvalue weighted by molar-refractivity contribution is -0.137. The van der Waals surface area contributed by atoms with Crippen LogP contribution in [0.25, 0.3) is 0 Å². The van der Waals surface area contributed by atoms with Crippen molar-refractivity contribution < 1.29 is 22.8 Å². The van der Waals surface area contributed by atoms with Crippen molar-refractivity contribution in [3.05, 3.63) is 95.6 Å². The Bertz CT molecular complexity index is 985. The Labute approximate surface area is 159 Å². The van der Waals surface area contributed by atoms with Crippen molar-refractivity contribution in [3.63, 3.8) is 0 Å². The van der Waals surface area contributed by atoms with Crippen LogP contribution in [0.4, 0.5) is 29.3 Å². The SMILES string of the molecule is O=C(Nc1ccc(C(=O)c2ccccc2)cc1)Nc1cccc(C(F)(F)F)c1. The molecule has 0 fully saturated rings. The molecule has 0 heterocycles. The van der Waals surface area contributed by atoms with Crippen molar-refractivity contribution in [2.24, 2.45) is 0 Å². The minimum absolute atomic E-state index is 0.0169. The number of amides is 2. The van der Waals surface area contributed by atoms with Crippen molar-refractivity contribution in [1.82, 2.24) is 0 Å². The largest absolute Gasteiger partial charge is 0.416 e. The lowest BCUT2D eigenvalue weighted by atomic mass is 10.0. The fraction of sp³-hybridized carbons (Fsp3) is 0.0476. The smallest absolute Gasteiger partial charge is 0.308 e. The normalized spacial score (nSPS) is 11.0. The van der Waals surface area contributed by atoms with Crippen LogP contribution < -0.4 is 10.6 Å². The molecule has 0 saturated heterocycles. The summed E-state index contributed by atoms with van der Waals surface area (Å²) in [4.78, 5) is 24.4. The molecule has 0 saturated carbocycles. The third kappa shape index (κ3) is 4.76. The van der Waals surface area contributed by atoms with Gasteiger partial charge in [0.25, 0.3) is 0 Å². The Morgan fingerprint density at radius 3 is 1.93 bits per heavy atom. The molecular formula is C21H15F3N2O2. The van der Waals surface area contributed by atoms with Crippen LogP contribution in [0.1, 0.15) is 21.5 Å². The maximum absolute atomic E-state index is 12.7. The van der Waals surface area contributed by atoms with E-state index in [2.05, 4.69) is 10.6 Å². The van der Waals surface area contributed by atoms with Gasteiger partial charge in [-0.2, -0.15) is 13.2 Å². The lowest BCUT2D eigenvalue weighted by Gasteiger charge is -2.11. The number of carbonyl (C=O) groups is 2. The molecule has 28 heavy (non-hydrogen) atoms. The van der Waals surface area contributed by atoms with Crippen LogP contribution in [0.5, 0.6) is 0 Å². The summed E-state index contributed by atoms with van der Waals surface area (Å²) in [6, 6.07) is 18.6. The minimum Gasteiger partial charge on any atom is -0.308 e. The Balaban J connectivity index is 1.64. The number of urea groups is 1. The van der Waals surface area contributed by atoms with E-state index in [0.717, 1.165) is 12.1 Å². The van der Waals surface area contributed by atoms with Gasteiger partial charge in [-0.05, 0) is 42.5 Å². The predicted octanol–water partition coefficient (Wildman–Crippen LogP) is 5.58. The Morgan fingerprint density at radius 1 is 0.679 bits per heavy atom. The Morgan fingerprint density at radius 2 is 1.29 bits per heavy atom. The summed E-state index contributed by atoms with van der Waals surface area (Å²) in [5, 5.41) is 4.86. The zero-order valence-corrected chi connectivity index (χ0v) is 14.5. The predicted molar refractivity (Wildman–Crippen MR) is 100 cm³/mol. The highest BCUT2D eigenvalue weighted by molar-refractivity contribution is 6.09.